The van der Waals surface area contributed by atoms with Gasteiger partial charge in [-0.3, -0.25) is 0 Å². The Morgan fingerprint density at radius 3 is 2.88 bits per heavy atom. The van der Waals surface area contributed by atoms with Crippen LogP contribution in [-0.2, 0) is 6.42 Å². The molecule has 2 rings (SSSR count). The van der Waals surface area contributed by atoms with Crippen molar-refractivity contribution in [2.75, 3.05) is 11.9 Å². The van der Waals surface area contributed by atoms with Crippen molar-refractivity contribution in [2.45, 2.75) is 6.42 Å². The zero-order valence-corrected chi connectivity index (χ0v) is 9.81. The van der Waals surface area contributed by atoms with Crippen LogP contribution in [0.3, 0.4) is 0 Å². The summed E-state index contributed by atoms with van der Waals surface area (Å²) in [6.45, 7) is 0.792. The SMILES string of the molecule is O=[N+]([O-])c1ccc(NCCc2cccs2)cn1. The summed E-state index contributed by atoms with van der Waals surface area (Å²) < 4.78 is 0. The maximum atomic E-state index is 10.4. The highest BCUT2D eigenvalue weighted by atomic mass is 32.1. The topological polar surface area (TPSA) is 68.1 Å². The second-order valence-corrected chi connectivity index (χ2v) is 4.45. The molecule has 0 saturated carbocycles. The number of hydrogen-bond donors (Lipinski definition) is 1. The van der Waals surface area contributed by atoms with E-state index in [0.29, 0.717) is 0 Å². The Balaban J connectivity index is 1.85. The van der Waals surface area contributed by atoms with Gasteiger partial charge in [0.15, 0.2) is 6.20 Å². The predicted octanol–water partition coefficient (Wildman–Crippen LogP) is 2.71. The van der Waals surface area contributed by atoms with Gasteiger partial charge in [-0.15, -0.1) is 11.3 Å². The molecule has 2 aromatic heterocycles. The minimum absolute atomic E-state index is 0.131. The highest BCUT2D eigenvalue weighted by Gasteiger charge is 2.05. The molecular weight excluding hydrogens is 238 g/mol. The van der Waals surface area contributed by atoms with Crippen LogP contribution in [0.25, 0.3) is 0 Å². The standard InChI is InChI=1S/C11H11N3O2S/c15-14(16)11-4-3-9(8-13-11)12-6-5-10-2-1-7-17-10/h1-4,7-8,12H,5-6H2. The first kappa shape index (κ1) is 11.5. The Morgan fingerprint density at radius 1 is 1.41 bits per heavy atom. The van der Waals surface area contributed by atoms with Crippen molar-refractivity contribution in [3.63, 3.8) is 0 Å². The molecule has 0 atom stereocenters. The van der Waals surface area contributed by atoms with Crippen LogP contribution in [0.4, 0.5) is 11.5 Å². The van der Waals surface area contributed by atoms with Crippen molar-refractivity contribution >= 4 is 22.8 Å². The van der Waals surface area contributed by atoms with Gasteiger partial charge in [0.1, 0.15) is 0 Å². The summed E-state index contributed by atoms with van der Waals surface area (Å²) in [5.41, 5.74) is 0.798. The van der Waals surface area contributed by atoms with Gasteiger partial charge in [-0.1, -0.05) is 6.07 Å². The van der Waals surface area contributed by atoms with Gasteiger partial charge in [-0.05, 0) is 33.8 Å². The van der Waals surface area contributed by atoms with Crippen LogP contribution < -0.4 is 5.32 Å². The molecule has 2 aromatic rings. The maximum absolute atomic E-state index is 10.4. The Bertz CT molecular complexity index is 482. The minimum atomic E-state index is -0.505. The fourth-order valence-electron chi connectivity index (χ4n) is 1.38. The normalized spacial score (nSPS) is 10.1. The van der Waals surface area contributed by atoms with Gasteiger partial charge in [-0.25, -0.2) is 0 Å². The molecule has 6 heteroatoms. The first-order chi connectivity index (χ1) is 8.25. The molecule has 88 valence electrons. The van der Waals surface area contributed by atoms with Gasteiger partial charge < -0.3 is 15.4 Å². The highest BCUT2D eigenvalue weighted by molar-refractivity contribution is 7.09. The van der Waals surface area contributed by atoms with Gasteiger partial charge in [0.2, 0.25) is 0 Å². The third-order valence-electron chi connectivity index (χ3n) is 2.22. The summed E-state index contributed by atoms with van der Waals surface area (Å²) >= 11 is 1.72. The number of anilines is 1. The number of aromatic nitrogens is 1. The number of nitrogens with zero attached hydrogens (tertiary/aromatic N) is 2. The van der Waals surface area contributed by atoms with Crippen molar-refractivity contribution in [1.29, 1.82) is 0 Å². The van der Waals surface area contributed by atoms with E-state index in [4.69, 9.17) is 0 Å². The first-order valence-electron chi connectivity index (χ1n) is 5.12. The third-order valence-corrected chi connectivity index (χ3v) is 3.15. The Hall–Kier alpha value is -1.95. The zero-order valence-electron chi connectivity index (χ0n) is 9.00. The average Bonchev–Trinajstić information content (AvgIpc) is 2.83. The third kappa shape index (κ3) is 3.25. The van der Waals surface area contributed by atoms with Crippen LogP contribution in [0.5, 0.6) is 0 Å². The lowest BCUT2D eigenvalue weighted by Crippen LogP contribution is -2.04. The van der Waals surface area contributed by atoms with Gasteiger partial charge in [0.05, 0.1) is 5.69 Å². The van der Waals surface area contributed by atoms with Crippen LogP contribution in [0.2, 0.25) is 0 Å². The van der Waals surface area contributed by atoms with Crippen LogP contribution in [0.1, 0.15) is 4.88 Å². The summed E-state index contributed by atoms with van der Waals surface area (Å²) in [4.78, 5) is 14.9. The second-order valence-electron chi connectivity index (χ2n) is 3.42. The molecule has 17 heavy (non-hydrogen) atoms. The van der Waals surface area contributed by atoms with Crippen molar-refractivity contribution < 1.29 is 4.92 Å². The zero-order chi connectivity index (χ0) is 12.1. The first-order valence-corrected chi connectivity index (χ1v) is 6.00. The van der Waals surface area contributed by atoms with E-state index in [1.807, 2.05) is 11.4 Å². The van der Waals surface area contributed by atoms with E-state index in [9.17, 15) is 10.1 Å². The largest absolute Gasteiger partial charge is 0.382 e. The fourth-order valence-corrected chi connectivity index (χ4v) is 2.09. The Kier molecular flexibility index (Phi) is 3.66. The lowest BCUT2D eigenvalue weighted by Gasteiger charge is -2.02. The summed E-state index contributed by atoms with van der Waals surface area (Å²) in [7, 11) is 0. The van der Waals surface area contributed by atoms with Crippen molar-refractivity contribution in [2.24, 2.45) is 0 Å². The van der Waals surface area contributed by atoms with E-state index < -0.39 is 4.92 Å². The molecule has 0 radical (unpaired) electrons. The molecule has 0 aliphatic heterocycles. The van der Waals surface area contributed by atoms with Crippen LogP contribution in [0, 0.1) is 10.1 Å². The summed E-state index contributed by atoms with van der Waals surface area (Å²) in [6.07, 6.45) is 2.42. The number of nitro groups is 1. The highest BCUT2D eigenvalue weighted by Crippen LogP contribution is 2.12. The summed E-state index contributed by atoms with van der Waals surface area (Å²) in [5.74, 6) is -0.131. The van der Waals surface area contributed by atoms with Gasteiger partial charge >= 0.3 is 5.82 Å². The van der Waals surface area contributed by atoms with E-state index in [1.165, 1.54) is 17.1 Å². The summed E-state index contributed by atoms with van der Waals surface area (Å²) in [5, 5.41) is 15.6. The molecule has 0 spiro atoms. The van der Waals surface area contributed by atoms with Gasteiger partial charge in [0, 0.05) is 17.5 Å². The van der Waals surface area contributed by atoms with Crippen molar-refractivity contribution in [3.8, 4) is 0 Å². The molecule has 2 heterocycles. The quantitative estimate of drug-likeness (QED) is 0.653. The molecular formula is C11H11N3O2S. The van der Waals surface area contributed by atoms with Crippen LogP contribution in [-0.4, -0.2) is 16.5 Å². The summed E-state index contributed by atoms with van der Waals surface area (Å²) in [6, 6.07) is 7.17. The van der Waals surface area contributed by atoms with E-state index >= 15 is 0 Å². The van der Waals surface area contributed by atoms with Gasteiger partial charge in [0.25, 0.3) is 0 Å². The number of hydrogen-bond acceptors (Lipinski definition) is 5. The van der Waals surface area contributed by atoms with Gasteiger partial charge in [-0.2, -0.15) is 0 Å². The lowest BCUT2D eigenvalue weighted by molar-refractivity contribution is -0.389. The molecule has 0 amide bonds. The molecule has 0 aliphatic carbocycles. The van der Waals surface area contributed by atoms with Crippen molar-refractivity contribution in [3.05, 3.63) is 50.8 Å². The molecule has 0 bridgehead atoms. The molecule has 0 saturated heterocycles. The fraction of sp³-hybridized carbons (Fsp3) is 0.182. The molecule has 0 unspecified atom stereocenters. The molecule has 0 aliphatic rings. The Labute approximate surface area is 102 Å². The lowest BCUT2D eigenvalue weighted by atomic mass is 10.3. The monoisotopic (exact) mass is 249 g/mol. The minimum Gasteiger partial charge on any atom is -0.382 e. The molecule has 1 N–H and O–H groups in total. The van der Waals surface area contributed by atoms with E-state index in [-0.39, 0.29) is 5.82 Å². The molecule has 0 fully saturated rings. The number of nitrogens with one attached hydrogen (secondary N) is 1. The van der Waals surface area contributed by atoms with E-state index in [0.717, 1.165) is 18.7 Å². The van der Waals surface area contributed by atoms with Crippen molar-refractivity contribution in [1.82, 2.24) is 4.98 Å². The maximum Gasteiger partial charge on any atom is 0.363 e. The average molecular weight is 249 g/mol. The number of pyridine rings is 1. The Morgan fingerprint density at radius 2 is 2.29 bits per heavy atom. The predicted molar refractivity (Wildman–Crippen MR) is 67.4 cm³/mol. The number of rotatable bonds is 5. The van der Waals surface area contributed by atoms with Crippen LogP contribution >= 0.6 is 11.3 Å². The van der Waals surface area contributed by atoms with E-state index in [1.54, 1.807) is 17.4 Å². The van der Waals surface area contributed by atoms with Crippen LogP contribution in [0.15, 0.2) is 35.8 Å². The van der Waals surface area contributed by atoms with E-state index in [2.05, 4.69) is 16.4 Å². The molecule has 5 nitrogen and oxygen atoms in total. The number of thiophene rings is 1. The smallest absolute Gasteiger partial charge is 0.363 e. The second kappa shape index (κ2) is 5.40. The molecule has 0 aromatic carbocycles.